The van der Waals surface area contributed by atoms with Gasteiger partial charge in [-0.25, -0.2) is 44.0 Å². The molecule has 3 unspecified atom stereocenters. The summed E-state index contributed by atoms with van der Waals surface area (Å²) < 4.78 is 129. The van der Waals surface area contributed by atoms with E-state index in [4.69, 9.17) is 13.6 Å². The summed E-state index contributed by atoms with van der Waals surface area (Å²) in [5, 5.41) is 32.1. The van der Waals surface area contributed by atoms with Crippen LogP contribution in [0.15, 0.2) is 142 Å². The number of hydrogen-bond acceptors (Lipinski definition) is 16. The lowest BCUT2D eigenvalue weighted by Gasteiger charge is -2.41. The van der Waals surface area contributed by atoms with Crippen LogP contribution < -0.4 is 28.9 Å². The van der Waals surface area contributed by atoms with Gasteiger partial charge in [-0.2, -0.15) is 0 Å². The van der Waals surface area contributed by atoms with E-state index in [0.717, 1.165) is 38.5 Å². The molecule has 3 atom stereocenters. The lowest BCUT2D eigenvalue weighted by Crippen LogP contribution is -2.36. The smallest absolute Gasteiger partial charge is 0.481 e. The number of nitrogens with one attached hydrogen (secondary N) is 3. The maximum absolute atomic E-state index is 17.3. The molecule has 0 aliphatic heterocycles. The predicted octanol–water partition coefficient (Wildman–Crippen LogP) is 10.9. The molecule has 0 radical (unpaired) electrons. The van der Waals surface area contributed by atoms with Crippen LogP contribution in [0, 0.1) is 0 Å². The maximum Gasteiger partial charge on any atom is 0.481 e. The van der Waals surface area contributed by atoms with Gasteiger partial charge in [0.15, 0.2) is 18.7 Å². The van der Waals surface area contributed by atoms with Gasteiger partial charge in [0, 0.05) is 71.5 Å². The minimum Gasteiger partial charge on any atom is -0.508 e. The largest absolute Gasteiger partial charge is 0.508 e. The number of anilines is 3. The molecule has 0 amide bonds. The zero-order valence-electron chi connectivity index (χ0n) is 47.5. The molecule has 0 saturated heterocycles. The molecule has 3 aliphatic carbocycles. The van der Waals surface area contributed by atoms with Crippen LogP contribution >= 0.6 is 7.82 Å². The van der Waals surface area contributed by atoms with Crippen molar-refractivity contribution in [3.05, 3.63) is 161 Å². The third-order valence-corrected chi connectivity index (χ3v) is 20.9. The fourth-order valence-corrected chi connectivity index (χ4v) is 15.6. The molecule has 9 rings (SSSR count). The molecule has 0 heterocycles. The lowest BCUT2D eigenvalue weighted by molar-refractivity contribution is 0.0266. The van der Waals surface area contributed by atoms with Crippen molar-refractivity contribution in [3.63, 3.8) is 0 Å². The third kappa shape index (κ3) is 14.7. The first-order valence-corrected chi connectivity index (χ1v) is 34.3. The molecule has 3 saturated carbocycles. The van der Waals surface area contributed by atoms with Gasteiger partial charge in [-0.3, -0.25) is 13.6 Å². The zero-order valence-corrected chi connectivity index (χ0v) is 50.9. The molecule has 6 N–H and O–H groups in total. The second kappa shape index (κ2) is 25.7. The van der Waals surface area contributed by atoms with Gasteiger partial charge >= 0.3 is 7.82 Å². The molecule has 3 fully saturated rings. The van der Waals surface area contributed by atoms with Gasteiger partial charge in [0.2, 0.25) is 30.1 Å². The van der Waals surface area contributed by atoms with E-state index in [1.165, 1.54) is 54.6 Å². The Kier molecular flexibility index (Phi) is 19.0. The minimum atomic E-state index is -5.32. The van der Waals surface area contributed by atoms with E-state index in [0.29, 0.717) is 69.7 Å². The summed E-state index contributed by atoms with van der Waals surface area (Å²) in [6, 6.07) is 32.3. The molecular formula is C60H75N6O13PS3. The Balaban J connectivity index is 1.24. The molecule has 23 heteroatoms. The fourth-order valence-electron chi connectivity index (χ4n) is 9.98. The number of rotatable bonds is 30. The van der Waals surface area contributed by atoms with Crippen molar-refractivity contribution in [1.29, 1.82) is 0 Å². The van der Waals surface area contributed by atoms with Crippen LogP contribution in [-0.2, 0) is 67.5 Å². The first-order chi connectivity index (χ1) is 39.6. The summed E-state index contributed by atoms with van der Waals surface area (Å²) in [5.41, 5.74) is 4.55. The van der Waals surface area contributed by atoms with E-state index in [1.54, 1.807) is 87.5 Å². The number of aromatic hydroxyl groups is 3. The van der Waals surface area contributed by atoms with Gasteiger partial charge < -0.3 is 30.0 Å². The Labute approximate surface area is 488 Å². The highest BCUT2D eigenvalue weighted by Gasteiger charge is 2.44. The number of nitrogens with zero attached hydrogens (tertiary/aromatic N) is 3. The van der Waals surface area contributed by atoms with Crippen molar-refractivity contribution in [2.24, 2.45) is 0 Å². The van der Waals surface area contributed by atoms with Crippen molar-refractivity contribution >= 4 is 55.0 Å². The highest BCUT2D eigenvalue weighted by atomic mass is 32.2. The number of phenolic OH excluding ortho intramolecular Hbond substituents is 3. The highest BCUT2D eigenvalue weighted by Crippen LogP contribution is 2.61. The number of benzene rings is 6. The number of hydrogen-bond donors (Lipinski definition) is 6. The van der Waals surface area contributed by atoms with Gasteiger partial charge in [0.25, 0.3) is 0 Å². The van der Waals surface area contributed by atoms with Gasteiger partial charge in [0.05, 0.1) is 14.7 Å². The van der Waals surface area contributed by atoms with Crippen LogP contribution in [-0.4, -0.2) is 78.3 Å². The number of phosphoric ester groups is 1. The monoisotopic (exact) mass is 1210 g/mol. The van der Waals surface area contributed by atoms with E-state index >= 15 is 4.57 Å². The summed E-state index contributed by atoms with van der Waals surface area (Å²) in [4.78, 5) is 5.60. The molecule has 0 spiro atoms. The zero-order chi connectivity index (χ0) is 59.4. The van der Waals surface area contributed by atoms with Gasteiger partial charge in [-0.1, -0.05) is 57.2 Å². The third-order valence-electron chi connectivity index (χ3n) is 14.9. The molecule has 83 heavy (non-hydrogen) atoms. The summed E-state index contributed by atoms with van der Waals surface area (Å²) in [6.07, 6.45) is 1.38. The van der Waals surface area contributed by atoms with Crippen LogP contribution in [0.25, 0.3) is 0 Å². The summed E-state index contributed by atoms with van der Waals surface area (Å²) >= 11 is 0. The van der Waals surface area contributed by atoms with Gasteiger partial charge in [-0.15, -0.1) is 0 Å². The van der Waals surface area contributed by atoms with Crippen molar-refractivity contribution in [3.8, 4) is 17.2 Å². The lowest BCUT2D eigenvalue weighted by atomic mass is 10.1. The molecule has 446 valence electrons. The van der Waals surface area contributed by atoms with Gasteiger partial charge in [-0.05, 0) is 186 Å². The molecule has 3 aliphatic rings. The van der Waals surface area contributed by atoms with E-state index in [2.05, 4.69) is 14.2 Å². The topological polar surface area (TPSA) is 254 Å². The van der Waals surface area contributed by atoms with E-state index in [9.17, 15) is 40.6 Å². The fraction of sp³-hybridized carbons (Fsp3) is 0.400. The summed E-state index contributed by atoms with van der Waals surface area (Å²) in [7, 11) is -17.0. The second-order valence-electron chi connectivity index (χ2n) is 21.1. The minimum absolute atomic E-state index is 0.0702. The standard InChI is InChI=1S/C60H75N6O13PS3/c1-7-40-37-52(81(71,72)61-46-19-20-46)31-34-55(40)64(10-4)58(43-13-25-49(67)26-14-43)77-80(70,78-59(44-15-27-50(68)28-16-44)65(11-5)56-35-32-53(38-41(56)8-2)82(73,74)62-47-21-22-47)79-60(45-17-29-51(69)30-18-45)66(12-6)57-36-33-54(39-42(57)9-3)83(75,76)63-48-23-24-48/h13-18,25-39,46-48,58-63,67-69H,7-12,19-24H2,1-6H3. The summed E-state index contributed by atoms with van der Waals surface area (Å²) in [6.45, 7) is 11.7. The molecule has 0 bridgehead atoms. The van der Waals surface area contributed by atoms with E-state index in [-0.39, 0.29) is 69.7 Å². The SMILES string of the molecule is CCc1cc(S(=O)(=O)NC2CC2)ccc1N(CC)C(OP(=O)(OC(c1ccc(O)cc1)N(CC)c1ccc(S(=O)(=O)NC2CC2)cc1CC)OC(c1ccc(O)cc1)N(CC)c1ccc(S(=O)(=O)NC2CC2)cc1CC)c1ccc(O)cc1. The van der Waals surface area contributed by atoms with Gasteiger partial charge in [0.1, 0.15) is 17.2 Å². The van der Waals surface area contributed by atoms with Crippen LogP contribution in [0.5, 0.6) is 17.2 Å². The highest BCUT2D eigenvalue weighted by molar-refractivity contribution is 7.90. The Bertz CT molecular complexity index is 3260. The Hall–Kier alpha value is -6.04. The normalized spacial score (nSPS) is 16.7. The second-order valence-corrected chi connectivity index (χ2v) is 27.7. The predicted molar refractivity (Wildman–Crippen MR) is 320 cm³/mol. The van der Waals surface area contributed by atoms with Crippen molar-refractivity contribution in [2.45, 2.75) is 151 Å². The van der Waals surface area contributed by atoms with Crippen molar-refractivity contribution in [2.75, 3.05) is 34.3 Å². The average molecular weight is 1220 g/mol. The van der Waals surface area contributed by atoms with Crippen LogP contribution in [0.3, 0.4) is 0 Å². The van der Waals surface area contributed by atoms with Crippen molar-refractivity contribution < 1.29 is 58.7 Å². The molecule has 19 nitrogen and oxygen atoms in total. The molecule has 6 aromatic carbocycles. The Morgan fingerprint density at radius 3 is 0.867 bits per heavy atom. The number of sulfonamides is 3. The number of phosphoric acid groups is 1. The quantitative estimate of drug-likeness (QED) is 0.0181. The van der Waals surface area contributed by atoms with Crippen molar-refractivity contribution in [1.82, 2.24) is 14.2 Å². The van der Waals surface area contributed by atoms with E-state index in [1.807, 2.05) is 41.5 Å². The van der Waals surface area contributed by atoms with Crippen LogP contribution in [0.4, 0.5) is 17.1 Å². The molecular weight excluding hydrogens is 1140 g/mol. The van der Waals surface area contributed by atoms with E-state index < -0.39 is 56.6 Å². The van der Waals surface area contributed by atoms with Crippen LogP contribution in [0.2, 0.25) is 0 Å². The summed E-state index contributed by atoms with van der Waals surface area (Å²) in [5.74, 6) is -0.214. The van der Waals surface area contributed by atoms with Crippen LogP contribution in [0.1, 0.15) is 132 Å². The molecule has 0 aromatic heterocycles. The first kappa shape index (κ1) is 61.5. The first-order valence-electron chi connectivity index (χ1n) is 28.4. The average Bonchev–Trinajstić information content (AvgIpc) is 4.40. The number of aryl methyl sites for hydroxylation is 3. The maximum atomic E-state index is 17.3. The Morgan fingerprint density at radius 2 is 0.663 bits per heavy atom. The number of phenols is 3. The Morgan fingerprint density at radius 1 is 0.422 bits per heavy atom. The molecule has 6 aromatic rings.